The number of nitrogens with one attached hydrogen (secondary N) is 1. The number of nitrogens with zero attached hydrogens (tertiary/aromatic N) is 2. The Balaban J connectivity index is 2.49. The van der Waals surface area contributed by atoms with Gasteiger partial charge >= 0.3 is 6.09 Å². The molecule has 0 radical (unpaired) electrons. The van der Waals surface area contributed by atoms with Crippen LogP contribution >= 0.6 is 0 Å². The maximum absolute atomic E-state index is 11.8. The standard InChI is InChI=1S/C14H14N4O3/c1-8(6-21-14(15)20)9-4-3-5-10-11(9)17-7-18-12(10)13(19)16-2/h3-5,7H,1,6H2,2H3,(H2,15,20)(H,16,19). The average molecular weight is 286 g/mol. The SMILES string of the molecule is C=C(COC(N)=O)c1cccc2c(C(=O)NC)ncnc12. The minimum atomic E-state index is -0.878. The van der Waals surface area contributed by atoms with Crippen molar-refractivity contribution in [3.8, 4) is 0 Å². The lowest BCUT2D eigenvalue weighted by Crippen LogP contribution is -2.20. The van der Waals surface area contributed by atoms with E-state index in [0.717, 1.165) is 0 Å². The number of primary amides is 1. The molecule has 2 amide bonds. The molecule has 0 fully saturated rings. The lowest BCUT2D eigenvalue weighted by molar-refractivity contribution is 0.0960. The van der Waals surface area contributed by atoms with Crippen LogP contribution in [-0.2, 0) is 4.74 Å². The van der Waals surface area contributed by atoms with Gasteiger partial charge in [-0.15, -0.1) is 0 Å². The smallest absolute Gasteiger partial charge is 0.404 e. The Morgan fingerprint density at radius 1 is 1.38 bits per heavy atom. The average Bonchev–Trinajstić information content (AvgIpc) is 2.50. The second-order valence-electron chi connectivity index (χ2n) is 4.21. The number of amides is 2. The van der Waals surface area contributed by atoms with Gasteiger partial charge in [-0.1, -0.05) is 24.8 Å². The molecule has 2 rings (SSSR count). The van der Waals surface area contributed by atoms with E-state index in [1.165, 1.54) is 13.4 Å². The fraction of sp³-hybridized carbons (Fsp3) is 0.143. The molecule has 1 aromatic heterocycles. The molecule has 21 heavy (non-hydrogen) atoms. The zero-order valence-electron chi connectivity index (χ0n) is 11.4. The van der Waals surface area contributed by atoms with Crippen molar-refractivity contribution in [3.63, 3.8) is 0 Å². The van der Waals surface area contributed by atoms with E-state index < -0.39 is 6.09 Å². The molecule has 7 nitrogen and oxygen atoms in total. The first kappa shape index (κ1) is 14.4. The summed E-state index contributed by atoms with van der Waals surface area (Å²) < 4.78 is 4.72. The summed E-state index contributed by atoms with van der Waals surface area (Å²) >= 11 is 0. The number of hydrogen-bond donors (Lipinski definition) is 2. The molecule has 0 saturated carbocycles. The highest BCUT2D eigenvalue weighted by molar-refractivity contribution is 6.06. The normalized spacial score (nSPS) is 10.1. The molecule has 7 heteroatoms. The molecule has 0 aliphatic carbocycles. The molecule has 108 valence electrons. The van der Waals surface area contributed by atoms with Crippen molar-refractivity contribution >= 4 is 28.5 Å². The Hall–Kier alpha value is -2.96. The zero-order valence-corrected chi connectivity index (χ0v) is 11.4. The van der Waals surface area contributed by atoms with Crippen LogP contribution in [0.3, 0.4) is 0 Å². The third kappa shape index (κ3) is 2.97. The van der Waals surface area contributed by atoms with E-state index in [2.05, 4.69) is 21.9 Å². The van der Waals surface area contributed by atoms with Crippen LogP contribution in [0.25, 0.3) is 16.5 Å². The van der Waals surface area contributed by atoms with Crippen molar-refractivity contribution in [1.82, 2.24) is 15.3 Å². The van der Waals surface area contributed by atoms with Crippen molar-refractivity contribution in [1.29, 1.82) is 0 Å². The number of nitrogens with two attached hydrogens (primary N) is 1. The first-order valence-electron chi connectivity index (χ1n) is 6.10. The van der Waals surface area contributed by atoms with Crippen LogP contribution in [0, 0.1) is 0 Å². The second-order valence-corrected chi connectivity index (χ2v) is 4.21. The van der Waals surface area contributed by atoms with E-state index in [9.17, 15) is 9.59 Å². The van der Waals surface area contributed by atoms with Crippen molar-refractivity contribution in [2.45, 2.75) is 0 Å². The first-order valence-corrected chi connectivity index (χ1v) is 6.10. The van der Waals surface area contributed by atoms with Crippen LogP contribution in [0.1, 0.15) is 16.1 Å². The van der Waals surface area contributed by atoms with Crippen LogP contribution < -0.4 is 11.1 Å². The maximum atomic E-state index is 11.8. The molecule has 0 unspecified atom stereocenters. The summed E-state index contributed by atoms with van der Waals surface area (Å²) in [6, 6.07) is 5.27. The van der Waals surface area contributed by atoms with Gasteiger partial charge in [-0.3, -0.25) is 4.79 Å². The largest absolute Gasteiger partial charge is 0.445 e. The number of para-hydroxylation sites is 1. The highest BCUT2D eigenvalue weighted by Crippen LogP contribution is 2.24. The summed E-state index contributed by atoms with van der Waals surface area (Å²) in [5.41, 5.74) is 6.96. The maximum Gasteiger partial charge on any atom is 0.404 e. The number of rotatable bonds is 4. The number of benzene rings is 1. The van der Waals surface area contributed by atoms with Crippen LogP contribution in [-0.4, -0.2) is 35.6 Å². The number of aromatic nitrogens is 2. The Kier molecular flexibility index (Phi) is 4.13. The molecule has 0 spiro atoms. The summed E-state index contributed by atoms with van der Waals surface area (Å²) in [7, 11) is 1.53. The van der Waals surface area contributed by atoms with Crippen molar-refractivity contribution < 1.29 is 14.3 Å². The van der Waals surface area contributed by atoms with E-state index in [1.54, 1.807) is 18.2 Å². The quantitative estimate of drug-likeness (QED) is 0.875. The van der Waals surface area contributed by atoms with Gasteiger partial charge in [0.05, 0.1) is 5.52 Å². The van der Waals surface area contributed by atoms with Crippen molar-refractivity contribution in [3.05, 3.63) is 42.4 Å². The molecule has 1 aromatic carbocycles. The van der Waals surface area contributed by atoms with Crippen LogP contribution in [0.2, 0.25) is 0 Å². The van der Waals surface area contributed by atoms with Gasteiger partial charge in [0.25, 0.3) is 5.91 Å². The van der Waals surface area contributed by atoms with Crippen molar-refractivity contribution in [2.75, 3.05) is 13.7 Å². The molecule has 0 atom stereocenters. The number of hydrogen-bond acceptors (Lipinski definition) is 5. The number of carbonyl (C=O) groups is 2. The number of carbonyl (C=O) groups excluding carboxylic acids is 2. The van der Waals surface area contributed by atoms with Crippen LogP contribution in [0.5, 0.6) is 0 Å². The Morgan fingerprint density at radius 3 is 2.81 bits per heavy atom. The Labute approximate surface area is 120 Å². The van der Waals surface area contributed by atoms with Gasteiger partial charge in [0, 0.05) is 18.0 Å². The van der Waals surface area contributed by atoms with Gasteiger partial charge < -0.3 is 15.8 Å². The van der Waals surface area contributed by atoms with Crippen LogP contribution in [0.15, 0.2) is 31.1 Å². The van der Waals surface area contributed by atoms with Gasteiger partial charge in [-0.2, -0.15) is 0 Å². The summed E-state index contributed by atoms with van der Waals surface area (Å²) in [5.74, 6) is -0.307. The van der Waals surface area contributed by atoms with E-state index in [-0.39, 0.29) is 18.2 Å². The highest BCUT2D eigenvalue weighted by Gasteiger charge is 2.14. The predicted molar refractivity (Wildman–Crippen MR) is 77.5 cm³/mol. The second kappa shape index (κ2) is 6.00. The summed E-state index contributed by atoms with van der Waals surface area (Å²) in [4.78, 5) is 30.7. The summed E-state index contributed by atoms with van der Waals surface area (Å²) in [5, 5.41) is 3.12. The molecule has 0 saturated heterocycles. The monoisotopic (exact) mass is 286 g/mol. The predicted octanol–water partition coefficient (Wildman–Crippen LogP) is 1.10. The minimum absolute atomic E-state index is 0.0479. The lowest BCUT2D eigenvalue weighted by Gasteiger charge is -2.10. The Morgan fingerprint density at radius 2 is 2.14 bits per heavy atom. The van der Waals surface area contributed by atoms with E-state index >= 15 is 0 Å². The minimum Gasteiger partial charge on any atom is -0.445 e. The Bertz CT molecular complexity index is 727. The van der Waals surface area contributed by atoms with Crippen molar-refractivity contribution in [2.24, 2.45) is 5.73 Å². The first-order chi connectivity index (χ1) is 10.0. The zero-order chi connectivity index (χ0) is 15.4. The fourth-order valence-electron chi connectivity index (χ4n) is 1.91. The summed E-state index contributed by atoms with van der Waals surface area (Å²) in [6.07, 6.45) is 0.426. The molecule has 3 N–H and O–H groups in total. The molecule has 0 bridgehead atoms. The van der Waals surface area contributed by atoms with Gasteiger partial charge in [0.2, 0.25) is 0 Å². The highest BCUT2D eigenvalue weighted by atomic mass is 16.5. The fourth-order valence-corrected chi connectivity index (χ4v) is 1.91. The van der Waals surface area contributed by atoms with Crippen LogP contribution in [0.4, 0.5) is 4.79 Å². The third-order valence-corrected chi connectivity index (χ3v) is 2.88. The third-order valence-electron chi connectivity index (χ3n) is 2.88. The molecule has 2 aromatic rings. The van der Waals surface area contributed by atoms with E-state index in [4.69, 9.17) is 10.5 Å². The van der Waals surface area contributed by atoms with Gasteiger partial charge in [-0.05, 0) is 5.57 Å². The molecule has 0 aliphatic heterocycles. The van der Waals surface area contributed by atoms with E-state index in [1.807, 2.05) is 0 Å². The number of fused-ring (bicyclic) bond motifs is 1. The lowest BCUT2D eigenvalue weighted by atomic mass is 10.0. The molecular weight excluding hydrogens is 272 g/mol. The summed E-state index contributed by atoms with van der Waals surface area (Å²) in [6.45, 7) is 3.80. The molecule has 0 aliphatic rings. The topological polar surface area (TPSA) is 107 Å². The molecule has 1 heterocycles. The van der Waals surface area contributed by atoms with E-state index in [0.29, 0.717) is 22.0 Å². The number of ether oxygens (including phenoxy) is 1. The van der Waals surface area contributed by atoms with Gasteiger partial charge in [0.1, 0.15) is 18.6 Å². The van der Waals surface area contributed by atoms with Gasteiger partial charge in [-0.25, -0.2) is 14.8 Å². The van der Waals surface area contributed by atoms with Gasteiger partial charge in [0.15, 0.2) is 0 Å². The molecular formula is C14H14N4O3.